The Hall–Kier alpha value is -0.490. The summed E-state index contributed by atoms with van der Waals surface area (Å²) in [5.41, 5.74) is -0.963. The van der Waals surface area contributed by atoms with Crippen LogP contribution in [0.1, 0.15) is 32.3 Å². The van der Waals surface area contributed by atoms with Crippen molar-refractivity contribution in [2.24, 2.45) is 0 Å². The van der Waals surface area contributed by atoms with Crippen LogP contribution in [0, 0.1) is 6.92 Å². The van der Waals surface area contributed by atoms with Crippen molar-refractivity contribution in [1.29, 1.82) is 0 Å². The predicted molar refractivity (Wildman–Crippen MR) is 62.4 cm³/mol. The first-order chi connectivity index (χ1) is 7.50. The van der Waals surface area contributed by atoms with Crippen LogP contribution in [0.25, 0.3) is 0 Å². The van der Waals surface area contributed by atoms with Crippen LogP contribution in [0.3, 0.4) is 0 Å². The highest BCUT2D eigenvalue weighted by atomic mass is 35.5. The molecule has 0 radical (unpaired) electrons. The number of rotatable bonds is 1. The number of hydrogen-bond acceptors (Lipinski definition) is 3. The molecule has 0 aliphatic heterocycles. The number of thioether (sulfide) groups is 1. The monoisotopic (exact) mass is 284 g/mol. The van der Waals surface area contributed by atoms with E-state index in [9.17, 15) is 13.2 Å². The summed E-state index contributed by atoms with van der Waals surface area (Å²) in [5, 5.41) is -0.148. The van der Waals surface area contributed by atoms with Crippen LogP contribution in [-0.2, 0) is 6.18 Å². The molecule has 0 N–H and O–H groups in total. The minimum Gasteiger partial charge on any atom is -0.227 e. The third-order valence-corrected chi connectivity index (χ3v) is 3.20. The fourth-order valence-corrected chi connectivity index (χ4v) is 2.44. The Balaban J connectivity index is 3.36. The number of aromatic nitrogens is 2. The number of aryl methyl sites for hydroxylation is 1. The van der Waals surface area contributed by atoms with E-state index < -0.39 is 16.6 Å². The summed E-state index contributed by atoms with van der Waals surface area (Å²) in [7, 11) is 0. The second-order valence-electron chi connectivity index (χ2n) is 4.45. The van der Waals surface area contributed by atoms with Gasteiger partial charge >= 0.3 is 6.18 Å². The highest BCUT2D eigenvalue weighted by Gasteiger charge is 2.38. The van der Waals surface area contributed by atoms with Crippen LogP contribution in [0.4, 0.5) is 13.2 Å². The number of nitrogens with zero attached hydrogens (tertiary/aromatic N) is 2. The molecule has 1 rings (SSSR count). The van der Waals surface area contributed by atoms with E-state index in [1.807, 2.05) is 0 Å². The number of hydrogen-bond donors (Lipinski definition) is 0. The molecule has 0 spiro atoms. The Morgan fingerprint density at radius 3 is 2.06 bits per heavy atom. The molecule has 7 heteroatoms. The maximum Gasteiger partial charge on any atom is 0.434 e. The average molecular weight is 285 g/mol. The molecular formula is C10H12ClF3N2S. The topological polar surface area (TPSA) is 25.8 Å². The van der Waals surface area contributed by atoms with Crippen LogP contribution in [0.5, 0.6) is 0 Å². The fourth-order valence-electron chi connectivity index (χ4n) is 1.12. The Morgan fingerprint density at radius 1 is 1.12 bits per heavy atom. The summed E-state index contributed by atoms with van der Waals surface area (Å²) in [6.45, 7) is 6.78. The summed E-state index contributed by atoms with van der Waals surface area (Å²) in [4.78, 5) is 7.10. The van der Waals surface area contributed by atoms with Gasteiger partial charge < -0.3 is 0 Å². The molecule has 0 saturated carbocycles. The van der Waals surface area contributed by atoms with Crippen molar-refractivity contribution in [3.8, 4) is 0 Å². The molecule has 0 bridgehead atoms. The Labute approximate surface area is 107 Å². The average Bonchev–Trinajstić information content (AvgIpc) is 2.05. The van der Waals surface area contributed by atoms with Gasteiger partial charge in [-0.25, -0.2) is 9.97 Å². The van der Waals surface area contributed by atoms with E-state index in [1.54, 1.807) is 20.8 Å². The quantitative estimate of drug-likeness (QED) is 0.566. The number of alkyl halides is 3. The summed E-state index contributed by atoms with van der Waals surface area (Å²) < 4.78 is 38.1. The first-order valence-corrected chi connectivity index (χ1v) is 6.00. The third-order valence-electron chi connectivity index (χ3n) is 1.61. The van der Waals surface area contributed by atoms with Gasteiger partial charge in [-0.05, 0) is 6.92 Å². The zero-order chi connectivity index (χ0) is 13.4. The number of halogens is 4. The summed E-state index contributed by atoms with van der Waals surface area (Å²) in [6.07, 6.45) is -4.52. The summed E-state index contributed by atoms with van der Waals surface area (Å²) in [5.74, 6) is 0.0144. The van der Waals surface area contributed by atoms with E-state index in [1.165, 1.54) is 6.92 Å². The molecule has 1 aromatic rings. The second-order valence-corrected chi connectivity index (χ2v) is 6.65. The highest BCUT2D eigenvalue weighted by molar-refractivity contribution is 8.00. The Morgan fingerprint density at radius 2 is 1.65 bits per heavy atom. The maximum atomic E-state index is 12.8. The minimum absolute atomic E-state index is 0.0144. The maximum absolute atomic E-state index is 12.8. The van der Waals surface area contributed by atoms with Gasteiger partial charge in [0.1, 0.15) is 11.0 Å². The normalized spacial score (nSPS) is 12.9. The van der Waals surface area contributed by atoms with Gasteiger partial charge in [-0.1, -0.05) is 32.4 Å². The van der Waals surface area contributed by atoms with E-state index >= 15 is 0 Å². The molecule has 96 valence electrons. The van der Waals surface area contributed by atoms with Crippen LogP contribution in [0.2, 0.25) is 5.15 Å². The first kappa shape index (κ1) is 14.6. The summed E-state index contributed by atoms with van der Waals surface area (Å²) >= 11 is 6.79. The van der Waals surface area contributed by atoms with E-state index in [0.717, 1.165) is 11.8 Å². The van der Waals surface area contributed by atoms with Gasteiger partial charge in [0.15, 0.2) is 5.69 Å². The van der Waals surface area contributed by atoms with Crippen LogP contribution in [0.15, 0.2) is 4.90 Å². The Bertz CT molecular complexity index is 427. The molecule has 0 unspecified atom stereocenters. The molecule has 1 heterocycles. The zero-order valence-corrected chi connectivity index (χ0v) is 11.4. The smallest absolute Gasteiger partial charge is 0.227 e. The van der Waals surface area contributed by atoms with E-state index in [-0.39, 0.29) is 15.9 Å². The van der Waals surface area contributed by atoms with Crippen LogP contribution >= 0.6 is 23.4 Å². The van der Waals surface area contributed by atoms with Gasteiger partial charge in [0, 0.05) is 4.75 Å². The van der Waals surface area contributed by atoms with E-state index in [2.05, 4.69) is 9.97 Å². The molecular weight excluding hydrogens is 273 g/mol. The SMILES string of the molecule is Cc1nc(Cl)c(SC(C)(C)C)c(C(F)(F)F)n1. The van der Waals surface area contributed by atoms with Crippen molar-refractivity contribution < 1.29 is 13.2 Å². The predicted octanol–water partition coefficient (Wildman–Crippen LogP) is 4.35. The molecule has 0 aliphatic rings. The lowest BCUT2D eigenvalue weighted by Crippen LogP contribution is -2.15. The Kier molecular flexibility index (Phi) is 3.98. The van der Waals surface area contributed by atoms with Crippen molar-refractivity contribution in [2.45, 2.75) is 43.5 Å². The van der Waals surface area contributed by atoms with Gasteiger partial charge in [0.25, 0.3) is 0 Å². The van der Waals surface area contributed by atoms with Crippen molar-refractivity contribution in [3.05, 3.63) is 16.7 Å². The molecule has 2 nitrogen and oxygen atoms in total. The molecule has 17 heavy (non-hydrogen) atoms. The lowest BCUT2D eigenvalue weighted by Gasteiger charge is -2.21. The van der Waals surface area contributed by atoms with Gasteiger partial charge in [0.2, 0.25) is 0 Å². The molecule has 1 aromatic heterocycles. The van der Waals surface area contributed by atoms with Crippen molar-refractivity contribution in [3.63, 3.8) is 0 Å². The molecule has 0 saturated heterocycles. The van der Waals surface area contributed by atoms with E-state index in [4.69, 9.17) is 11.6 Å². The molecule has 0 aromatic carbocycles. The zero-order valence-electron chi connectivity index (χ0n) is 9.81. The van der Waals surface area contributed by atoms with Crippen molar-refractivity contribution >= 4 is 23.4 Å². The molecule has 0 fully saturated rings. The second kappa shape index (κ2) is 4.65. The molecule has 0 amide bonds. The van der Waals surface area contributed by atoms with Crippen LogP contribution in [-0.4, -0.2) is 14.7 Å². The highest BCUT2D eigenvalue weighted by Crippen LogP contribution is 2.43. The lowest BCUT2D eigenvalue weighted by molar-refractivity contribution is -0.143. The molecule has 0 aliphatic carbocycles. The van der Waals surface area contributed by atoms with Gasteiger partial charge in [-0.2, -0.15) is 13.2 Å². The first-order valence-electron chi connectivity index (χ1n) is 4.81. The van der Waals surface area contributed by atoms with Crippen molar-refractivity contribution in [2.75, 3.05) is 0 Å². The molecule has 0 atom stereocenters. The van der Waals surface area contributed by atoms with Gasteiger partial charge in [0.05, 0.1) is 4.90 Å². The standard InChI is InChI=1S/C10H12ClF3N2S/c1-5-15-7(10(12,13)14)6(8(11)16-5)17-9(2,3)4/h1-4H3. The van der Waals surface area contributed by atoms with E-state index in [0.29, 0.717) is 0 Å². The third kappa shape index (κ3) is 4.03. The van der Waals surface area contributed by atoms with Gasteiger partial charge in [-0.3, -0.25) is 0 Å². The summed E-state index contributed by atoms with van der Waals surface area (Å²) in [6, 6.07) is 0. The van der Waals surface area contributed by atoms with Crippen LogP contribution < -0.4 is 0 Å². The minimum atomic E-state index is -4.52. The fraction of sp³-hybridized carbons (Fsp3) is 0.600. The van der Waals surface area contributed by atoms with Crippen molar-refractivity contribution in [1.82, 2.24) is 9.97 Å². The van der Waals surface area contributed by atoms with Gasteiger partial charge in [-0.15, -0.1) is 11.8 Å². The lowest BCUT2D eigenvalue weighted by atomic mass is 10.3. The largest absolute Gasteiger partial charge is 0.434 e.